The van der Waals surface area contributed by atoms with Gasteiger partial charge in [-0.3, -0.25) is 9.98 Å². The van der Waals surface area contributed by atoms with Gasteiger partial charge in [-0.05, 0) is 83.0 Å². The smallest absolute Gasteiger partial charge is 0.0642 e. The third-order valence-corrected chi connectivity index (χ3v) is 4.47. The lowest BCUT2D eigenvalue weighted by atomic mass is 9.99. The highest BCUT2D eigenvalue weighted by molar-refractivity contribution is 6.23. The van der Waals surface area contributed by atoms with Crippen molar-refractivity contribution < 1.29 is 5.11 Å². The highest BCUT2D eigenvalue weighted by Crippen LogP contribution is 2.21. The monoisotopic (exact) mass is 508 g/mol. The topological polar surface area (TPSA) is 133 Å². The number of anilines is 2. The first-order chi connectivity index (χ1) is 17.5. The summed E-state index contributed by atoms with van der Waals surface area (Å²) in [5.74, 6) is 0. The number of aliphatic hydroxyl groups excluding tert-OH is 1. The fourth-order valence-corrected chi connectivity index (χ4v) is 3.07. The van der Waals surface area contributed by atoms with Crippen LogP contribution in [0.5, 0.6) is 0 Å². The molecule has 0 aromatic heterocycles. The van der Waals surface area contributed by atoms with Crippen molar-refractivity contribution in [1.29, 1.82) is 5.41 Å². The molecule has 0 aliphatic carbocycles. The molecule has 2 rings (SSSR count). The Kier molecular flexibility index (Phi) is 19.6. The van der Waals surface area contributed by atoms with E-state index >= 15 is 0 Å². The van der Waals surface area contributed by atoms with Crippen LogP contribution in [0.2, 0.25) is 0 Å². The molecule has 37 heavy (non-hydrogen) atoms. The molecule has 2 aromatic rings. The van der Waals surface area contributed by atoms with Crippen LogP contribution in [-0.4, -0.2) is 36.4 Å². The SMILES string of the molecule is CC.CC(C)=N.CNc1ccc(C(=C(\C)N)/C(C)=N/C(C)=C\C(C)=NCc2ccc(N)cc2)cc1.CO. The molecule has 7 heteroatoms. The molecular formula is C30H48N6O. The van der Waals surface area contributed by atoms with Crippen LogP contribution in [0.15, 0.2) is 76.0 Å². The summed E-state index contributed by atoms with van der Waals surface area (Å²) in [6.45, 7) is 15.9. The third-order valence-electron chi connectivity index (χ3n) is 4.47. The number of aliphatic imine (C=N–C) groups is 2. The number of nitrogens with one attached hydrogen (secondary N) is 2. The van der Waals surface area contributed by atoms with E-state index in [1.54, 1.807) is 13.8 Å². The van der Waals surface area contributed by atoms with E-state index in [9.17, 15) is 0 Å². The van der Waals surface area contributed by atoms with Crippen molar-refractivity contribution in [3.05, 3.63) is 77.1 Å². The molecule has 0 saturated carbocycles. The second-order valence-corrected chi connectivity index (χ2v) is 8.07. The molecule has 0 aliphatic rings. The second kappa shape index (κ2) is 20.5. The molecule has 0 heterocycles. The fraction of sp³-hybridized carbons (Fsp3) is 0.367. The average molecular weight is 509 g/mol. The first-order valence-corrected chi connectivity index (χ1v) is 12.3. The molecule has 0 unspecified atom stereocenters. The third kappa shape index (κ3) is 15.8. The van der Waals surface area contributed by atoms with Crippen LogP contribution in [-0.2, 0) is 6.54 Å². The maximum atomic E-state index is 7.00. The van der Waals surface area contributed by atoms with Gasteiger partial charge >= 0.3 is 0 Å². The summed E-state index contributed by atoms with van der Waals surface area (Å²) < 4.78 is 0. The predicted molar refractivity (Wildman–Crippen MR) is 166 cm³/mol. The number of hydrogen-bond acceptors (Lipinski definition) is 7. The number of benzene rings is 2. The zero-order valence-corrected chi connectivity index (χ0v) is 24.4. The Bertz CT molecular complexity index is 1040. The number of nitrogens with two attached hydrogens (primary N) is 2. The molecule has 0 fully saturated rings. The lowest BCUT2D eigenvalue weighted by molar-refractivity contribution is 0.399. The highest BCUT2D eigenvalue weighted by atomic mass is 16.2. The Hall–Kier alpha value is -3.71. The zero-order valence-electron chi connectivity index (χ0n) is 24.4. The van der Waals surface area contributed by atoms with E-state index in [0.717, 1.165) is 58.0 Å². The van der Waals surface area contributed by atoms with Gasteiger partial charge in [0.2, 0.25) is 0 Å². The zero-order chi connectivity index (χ0) is 29.0. The number of allylic oxidation sites excluding steroid dienone is 4. The van der Waals surface area contributed by atoms with Crippen LogP contribution in [0.3, 0.4) is 0 Å². The number of rotatable bonds is 7. The highest BCUT2D eigenvalue weighted by Gasteiger charge is 2.09. The van der Waals surface area contributed by atoms with Crippen molar-refractivity contribution in [3.8, 4) is 0 Å². The Balaban J connectivity index is 0. The summed E-state index contributed by atoms with van der Waals surface area (Å²) in [6.07, 6.45) is 1.98. The van der Waals surface area contributed by atoms with Crippen molar-refractivity contribution in [1.82, 2.24) is 0 Å². The van der Waals surface area contributed by atoms with Crippen molar-refractivity contribution in [2.45, 2.75) is 61.9 Å². The van der Waals surface area contributed by atoms with Gasteiger partial charge in [-0.15, -0.1) is 0 Å². The Morgan fingerprint density at radius 2 is 1.41 bits per heavy atom. The number of hydrogen-bond donors (Lipinski definition) is 5. The molecule has 7 nitrogen and oxygen atoms in total. The van der Waals surface area contributed by atoms with Crippen LogP contribution in [0.25, 0.3) is 5.57 Å². The van der Waals surface area contributed by atoms with Crippen molar-refractivity contribution in [3.63, 3.8) is 0 Å². The first kappa shape index (κ1) is 35.5. The summed E-state index contributed by atoms with van der Waals surface area (Å²) in [6, 6.07) is 15.9. The van der Waals surface area contributed by atoms with Gasteiger partial charge in [0.1, 0.15) is 0 Å². The number of nitrogen functional groups attached to an aromatic ring is 1. The lowest BCUT2D eigenvalue weighted by Gasteiger charge is -2.11. The molecule has 2 aromatic carbocycles. The average Bonchev–Trinajstić information content (AvgIpc) is 2.86. The maximum Gasteiger partial charge on any atom is 0.0642 e. The van der Waals surface area contributed by atoms with Gasteiger partial charge in [-0.25, -0.2) is 0 Å². The molecule has 0 amide bonds. The van der Waals surface area contributed by atoms with Crippen LogP contribution >= 0.6 is 0 Å². The molecule has 204 valence electrons. The summed E-state index contributed by atoms with van der Waals surface area (Å²) >= 11 is 0. The molecular weight excluding hydrogens is 460 g/mol. The summed E-state index contributed by atoms with van der Waals surface area (Å²) in [5, 5.41) is 16.6. The summed E-state index contributed by atoms with van der Waals surface area (Å²) in [7, 11) is 2.90. The summed E-state index contributed by atoms with van der Waals surface area (Å²) in [4.78, 5) is 9.37. The largest absolute Gasteiger partial charge is 0.402 e. The van der Waals surface area contributed by atoms with Gasteiger partial charge in [0.05, 0.1) is 6.54 Å². The quantitative estimate of drug-likeness (QED) is 0.210. The van der Waals surface area contributed by atoms with E-state index in [2.05, 4.69) is 22.4 Å². The maximum absolute atomic E-state index is 7.00. The van der Waals surface area contributed by atoms with Crippen LogP contribution in [0.1, 0.15) is 66.5 Å². The molecule has 0 bridgehead atoms. The van der Waals surface area contributed by atoms with Crippen molar-refractivity contribution >= 4 is 34.1 Å². The minimum atomic E-state index is 0.615. The Morgan fingerprint density at radius 1 is 0.919 bits per heavy atom. The van der Waals surface area contributed by atoms with E-state index < -0.39 is 0 Å². The standard InChI is InChI=1S/C24H31N5.C3H7N.C2H6.CH4O/c1-16(28-15-20-6-10-22(26)11-7-20)14-17(2)29-19(4)24(18(3)25)21-8-12-23(27-5)13-9-21;1-3(2)4;2*1-2/h6-14,27H,15,25-26H2,1-5H3;4H,1-2H3;1-2H3;2H,1H3/b17-14-,24-18+,28-16?,29-19+;;;. The van der Waals surface area contributed by atoms with E-state index in [0.29, 0.717) is 12.3 Å². The summed E-state index contributed by atoms with van der Waals surface area (Å²) in [5.41, 5.74) is 20.9. The minimum absolute atomic E-state index is 0.615. The van der Waals surface area contributed by atoms with Gasteiger partial charge < -0.3 is 27.3 Å². The van der Waals surface area contributed by atoms with Crippen LogP contribution < -0.4 is 16.8 Å². The first-order valence-electron chi connectivity index (χ1n) is 12.3. The van der Waals surface area contributed by atoms with Gasteiger partial charge in [0.15, 0.2) is 0 Å². The van der Waals surface area contributed by atoms with Crippen LogP contribution in [0, 0.1) is 5.41 Å². The van der Waals surface area contributed by atoms with Gasteiger partial charge in [0, 0.05) is 59.6 Å². The van der Waals surface area contributed by atoms with E-state index in [-0.39, 0.29) is 0 Å². The van der Waals surface area contributed by atoms with E-state index in [4.69, 9.17) is 27.0 Å². The molecule has 0 atom stereocenters. The molecule has 0 aliphatic heterocycles. The number of aliphatic hydroxyl groups is 1. The van der Waals surface area contributed by atoms with Crippen molar-refractivity contribution in [2.24, 2.45) is 15.7 Å². The number of nitrogens with zero attached hydrogens (tertiary/aromatic N) is 2. The van der Waals surface area contributed by atoms with E-state index in [1.165, 1.54) is 0 Å². The molecule has 7 N–H and O–H groups in total. The molecule has 0 radical (unpaired) electrons. The normalized spacial score (nSPS) is 11.9. The van der Waals surface area contributed by atoms with E-state index in [1.807, 2.05) is 91.1 Å². The Morgan fingerprint density at radius 3 is 1.84 bits per heavy atom. The Labute approximate surface area is 224 Å². The predicted octanol–water partition coefficient (Wildman–Crippen LogP) is 6.71. The van der Waals surface area contributed by atoms with Gasteiger partial charge in [-0.2, -0.15) is 0 Å². The minimum Gasteiger partial charge on any atom is -0.402 e. The van der Waals surface area contributed by atoms with Gasteiger partial charge in [0.25, 0.3) is 0 Å². The fourth-order valence-electron chi connectivity index (χ4n) is 3.07. The van der Waals surface area contributed by atoms with Crippen molar-refractivity contribution in [2.75, 3.05) is 25.2 Å². The second-order valence-electron chi connectivity index (χ2n) is 8.07. The molecule has 0 spiro atoms. The van der Waals surface area contributed by atoms with Gasteiger partial charge in [-0.1, -0.05) is 38.1 Å². The molecule has 0 saturated heterocycles. The van der Waals surface area contributed by atoms with Crippen LogP contribution in [0.4, 0.5) is 11.4 Å². The lowest BCUT2D eigenvalue weighted by Crippen LogP contribution is -2.06.